The zero-order valence-electron chi connectivity index (χ0n) is 12.9. The summed E-state index contributed by atoms with van der Waals surface area (Å²) in [6, 6.07) is 10.0. The van der Waals surface area contributed by atoms with E-state index in [-0.39, 0.29) is 0 Å². The summed E-state index contributed by atoms with van der Waals surface area (Å²) in [7, 11) is 0. The van der Waals surface area contributed by atoms with Gasteiger partial charge in [0.1, 0.15) is 0 Å². The molecule has 2 heterocycles. The first-order valence-electron chi connectivity index (χ1n) is 7.98. The number of nitrogens with zero attached hydrogens (tertiary/aromatic N) is 2. The summed E-state index contributed by atoms with van der Waals surface area (Å²) in [6.07, 6.45) is 4.34. The lowest BCUT2D eigenvalue weighted by molar-refractivity contribution is 0.463. The molecule has 0 spiro atoms. The van der Waals surface area contributed by atoms with Crippen molar-refractivity contribution in [2.45, 2.75) is 38.5 Å². The number of aryl methyl sites for hydroxylation is 1. The van der Waals surface area contributed by atoms with Gasteiger partial charge in [-0.05, 0) is 56.0 Å². The van der Waals surface area contributed by atoms with E-state index >= 15 is 0 Å². The molecule has 1 aromatic heterocycles. The van der Waals surface area contributed by atoms with Crippen molar-refractivity contribution in [3.05, 3.63) is 51.0 Å². The molecule has 22 heavy (non-hydrogen) atoms. The lowest BCUT2D eigenvalue weighted by Gasteiger charge is -2.22. The Balaban J connectivity index is 1.78. The van der Waals surface area contributed by atoms with Gasteiger partial charge in [-0.25, -0.2) is 4.98 Å². The fraction of sp³-hybridized carbons (Fsp3) is 0.444. The number of benzene rings is 1. The molecule has 1 aliphatic heterocycles. The van der Waals surface area contributed by atoms with E-state index in [1.165, 1.54) is 34.0 Å². The van der Waals surface area contributed by atoms with Crippen molar-refractivity contribution in [3.63, 3.8) is 0 Å². The van der Waals surface area contributed by atoms with E-state index in [0.717, 1.165) is 25.9 Å². The van der Waals surface area contributed by atoms with Gasteiger partial charge in [0.05, 0.1) is 22.3 Å². The van der Waals surface area contributed by atoms with Crippen LogP contribution in [0, 0.1) is 11.3 Å². The molecule has 0 radical (unpaired) electrons. The third-order valence-electron chi connectivity index (χ3n) is 4.26. The molecule has 1 N–H and O–H groups in total. The number of rotatable bonds is 4. The smallest absolute Gasteiger partial charge is 0.0991 e. The average molecular weight is 311 g/mol. The molecule has 0 atom stereocenters. The molecule has 0 saturated carbocycles. The summed E-state index contributed by atoms with van der Waals surface area (Å²) < 4.78 is 0. The van der Waals surface area contributed by atoms with Crippen LogP contribution in [0.2, 0.25) is 0 Å². The van der Waals surface area contributed by atoms with Gasteiger partial charge >= 0.3 is 0 Å². The van der Waals surface area contributed by atoms with Crippen LogP contribution in [-0.4, -0.2) is 18.1 Å². The van der Waals surface area contributed by atoms with E-state index in [4.69, 9.17) is 10.2 Å². The Morgan fingerprint density at radius 3 is 2.64 bits per heavy atom. The first kappa shape index (κ1) is 15.2. The maximum absolute atomic E-state index is 8.87. The number of hydrogen-bond acceptors (Lipinski definition) is 4. The number of thiazole rings is 1. The molecular weight excluding hydrogens is 290 g/mol. The standard InChI is InChI=1S/C18H21N3S/c1-2-16-18(15-7-9-20-10-8-15)22-17(21-16)11-13-3-5-14(12-19)6-4-13/h3-6,15,20H,2,7-11H2,1H3. The van der Waals surface area contributed by atoms with Gasteiger partial charge < -0.3 is 5.32 Å². The summed E-state index contributed by atoms with van der Waals surface area (Å²) in [6.45, 7) is 4.44. The van der Waals surface area contributed by atoms with Gasteiger partial charge in [-0.2, -0.15) is 5.26 Å². The zero-order valence-corrected chi connectivity index (χ0v) is 13.7. The second kappa shape index (κ2) is 7.04. The Hall–Kier alpha value is -1.70. The van der Waals surface area contributed by atoms with Crippen LogP contribution in [0.1, 0.15) is 52.4 Å². The predicted molar refractivity (Wildman–Crippen MR) is 90.3 cm³/mol. The highest BCUT2D eigenvalue weighted by molar-refractivity contribution is 7.11. The first-order chi connectivity index (χ1) is 10.8. The molecule has 0 aliphatic carbocycles. The molecule has 3 nitrogen and oxygen atoms in total. The second-order valence-corrected chi connectivity index (χ2v) is 6.90. The first-order valence-corrected chi connectivity index (χ1v) is 8.80. The SMILES string of the molecule is CCc1nc(Cc2ccc(C#N)cc2)sc1C1CCNCC1. The van der Waals surface area contributed by atoms with Crippen molar-refractivity contribution < 1.29 is 0 Å². The number of nitrogens with one attached hydrogen (secondary N) is 1. The molecule has 0 unspecified atom stereocenters. The highest BCUT2D eigenvalue weighted by Gasteiger charge is 2.21. The van der Waals surface area contributed by atoms with Crippen molar-refractivity contribution in [2.24, 2.45) is 0 Å². The van der Waals surface area contributed by atoms with Gasteiger partial charge in [-0.15, -0.1) is 11.3 Å². The molecule has 3 rings (SSSR count). The number of aromatic nitrogens is 1. The normalized spacial score (nSPS) is 15.6. The van der Waals surface area contributed by atoms with E-state index in [9.17, 15) is 0 Å². The van der Waals surface area contributed by atoms with Crippen molar-refractivity contribution in [1.29, 1.82) is 5.26 Å². The minimum atomic E-state index is 0.684. The second-order valence-electron chi connectivity index (χ2n) is 5.78. The molecule has 4 heteroatoms. The molecule has 1 fully saturated rings. The molecule has 0 bridgehead atoms. The number of hydrogen-bond donors (Lipinski definition) is 1. The zero-order chi connectivity index (χ0) is 15.4. The highest BCUT2D eigenvalue weighted by atomic mass is 32.1. The van der Waals surface area contributed by atoms with E-state index in [1.807, 2.05) is 35.6 Å². The largest absolute Gasteiger partial charge is 0.317 e. The van der Waals surface area contributed by atoms with E-state index in [0.29, 0.717) is 11.5 Å². The fourth-order valence-corrected chi connectivity index (χ4v) is 4.38. The Bertz CT molecular complexity index is 661. The lowest BCUT2D eigenvalue weighted by Crippen LogP contribution is -2.26. The van der Waals surface area contributed by atoms with Gasteiger partial charge in [0.2, 0.25) is 0 Å². The van der Waals surface area contributed by atoms with Crippen LogP contribution in [0.5, 0.6) is 0 Å². The summed E-state index contributed by atoms with van der Waals surface area (Å²) in [5, 5.41) is 13.5. The fourth-order valence-electron chi connectivity index (χ4n) is 3.02. The topological polar surface area (TPSA) is 48.7 Å². The van der Waals surface area contributed by atoms with Gasteiger partial charge in [0.15, 0.2) is 0 Å². The van der Waals surface area contributed by atoms with Crippen molar-refractivity contribution >= 4 is 11.3 Å². The summed E-state index contributed by atoms with van der Waals surface area (Å²) in [5.74, 6) is 0.684. The van der Waals surface area contributed by atoms with Gasteiger partial charge in [0, 0.05) is 11.3 Å². The Kier molecular flexibility index (Phi) is 4.87. The third kappa shape index (κ3) is 3.37. The Labute approximate surface area is 136 Å². The Morgan fingerprint density at radius 1 is 1.27 bits per heavy atom. The monoisotopic (exact) mass is 311 g/mol. The van der Waals surface area contributed by atoms with Crippen molar-refractivity contribution in [3.8, 4) is 6.07 Å². The van der Waals surface area contributed by atoms with E-state index in [1.54, 1.807) is 0 Å². The van der Waals surface area contributed by atoms with Crippen LogP contribution in [-0.2, 0) is 12.8 Å². The maximum atomic E-state index is 8.87. The average Bonchev–Trinajstić information content (AvgIpc) is 2.99. The van der Waals surface area contributed by atoms with Gasteiger partial charge in [0.25, 0.3) is 0 Å². The van der Waals surface area contributed by atoms with Crippen LogP contribution >= 0.6 is 11.3 Å². The predicted octanol–water partition coefficient (Wildman–Crippen LogP) is 3.63. The molecule has 114 valence electrons. The van der Waals surface area contributed by atoms with E-state index < -0.39 is 0 Å². The Morgan fingerprint density at radius 2 is 2.00 bits per heavy atom. The number of piperidine rings is 1. The van der Waals surface area contributed by atoms with Crippen LogP contribution in [0.3, 0.4) is 0 Å². The van der Waals surface area contributed by atoms with Crippen LogP contribution in [0.15, 0.2) is 24.3 Å². The summed E-state index contributed by atoms with van der Waals surface area (Å²) >= 11 is 1.89. The molecule has 2 aromatic rings. The molecule has 0 amide bonds. The molecular formula is C18H21N3S. The minimum Gasteiger partial charge on any atom is -0.317 e. The minimum absolute atomic E-state index is 0.684. The molecule has 1 aromatic carbocycles. The lowest BCUT2D eigenvalue weighted by atomic mass is 9.95. The summed E-state index contributed by atoms with van der Waals surface area (Å²) in [4.78, 5) is 6.38. The molecule has 1 aliphatic rings. The van der Waals surface area contributed by atoms with Crippen LogP contribution in [0.4, 0.5) is 0 Å². The van der Waals surface area contributed by atoms with Gasteiger partial charge in [-0.3, -0.25) is 0 Å². The quantitative estimate of drug-likeness (QED) is 0.938. The maximum Gasteiger partial charge on any atom is 0.0991 e. The number of nitriles is 1. The summed E-state index contributed by atoms with van der Waals surface area (Å²) in [5.41, 5.74) is 3.24. The van der Waals surface area contributed by atoms with Crippen LogP contribution < -0.4 is 5.32 Å². The van der Waals surface area contributed by atoms with E-state index in [2.05, 4.69) is 18.3 Å². The molecule has 1 saturated heterocycles. The van der Waals surface area contributed by atoms with Crippen molar-refractivity contribution in [2.75, 3.05) is 13.1 Å². The van der Waals surface area contributed by atoms with Gasteiger partial charge in [-0.1, -0.05) is 19.1 Å². The third-order valence-corrected chi connectivity index (χ3v) is 5.52. The van der Waals surface area contributed by atoms with Crippen molar-refractivity contribution in [1.82, 2.24) is 10.3 Å². The van der Waals surface area contributed by atoms with Crippen LogP contribution in [0.25, 0.3) is 0 Å². The highest BCUT2D eigenvalue weighted by Crippen LogP contribution is 2.34.